The van der Waals surface area contributed by atoms with E-state index in [0.717, 1.165) is 18.5 Å². The second-order valence-corrected chi connectivity index (χ2v) is 9.87. The lowest BCUT2D eigenvalue weighted by Crippen LogP contribution is -2.01. The highest BCUT2D eigenvalue weighted by Gasteiger charge is 2.20. The minimum Gasteiger partial charge on any atom is -0.324 e. The van der Waals surface area contributed by atoms with Crippen molar-refractivity contribution in [3.8, 4) is 0 Å². The van der Waals surface area contributed by atoms with E-state index in [4.69, 9.17) is 0 Å². The van der Waals surface area contributed by atoms with Crippen LogP contribution in [0.4, 0.5) is 0 Å². The van der Waals surface area contributed by atoms with Gasteiger partial charge in [-0.1, -0.05) is 78.6 Å². The van der Waals surface area contributed by atoms with E-state index in [1.807, 2.05) is 0 Å². The van der Waals surface area contributed by atoms with Gasteiger partial charge in [-0.15, -0.1) is 0 Å². The molecule has 0 radical (unpaired) electrons. The summed E-state index contributed by atoms with van der Waals surface area (Å²) < 4.78 is 13.0. The van der Waals surface area contributed by atoms with Crippen LogP contribution in [0.3, 0.4) is 0 Å². The molecule has 0 aliphatic rings. The summed E-state index contributed by atoms with van der Waals surface area (Å²) in [5.41, 5.74) is 0. The highest BCUT2D eigenvalue weighted by Crippen LogP contribution is 2.48. The van der Waals surface area contributed by atoms with Crippen LogP contribution in [0.15, 0.2) is 0 Å². The molecular weight excluding hydrogens is 263 g/mol. The summed E-state index contributed by atoms with van der Waals surface area (Å²) in [6, 6.07) is 0. The van der Waals surface area contributed by atoms with Crippen molar-refractivity contribution >= 4 is 7.14 Å². The first-order valence-corrected chi connectivity index (χ1v) is 11.5. The van der Waals surface area contributed by atoms with Crippen LogP contribution in [0.1, 0.15) is 97.8 Å². The Hall–Kier alpha value is 0.230. The summed E-state index contributed by atoms with van der Waals surface area (Å²) in [6.07, 6.45) is 18.4. The maximum Gasteiger partial charge on any atom is 0.0877 e. The second-order valence-electron chi connectivity index (χ2n) is 6.41. The van der Waals surface area contributed by atoms with Gasteiger partial charge < -0.3 is 4.57 Å². The van der Waals surface area contributed by atoms with Crippen molar-refractivity contribution < 1.29 is 4.57 Å². The van der Waals surface area contributed by atoms with Crippen molar-refractivity contribution in [3.63, 3.8) is 0 Å². The fourth-order valence-corrected chi connectivity index (χ4v) is 5.95. The second kappa shape index (κ2) is 14.2. The van der Waals surface area contributed by atoms with E-state index in [1.165, 1.54) is 77.0 Å². The molecule has 0 aliphatic carbocycles. The molecule has 1 nitrogen and oxygen atoms in total. The number of hydrogen-bond donors (Lipinski definition) is 0. The van der Waals surface area contributed by atoms with E-state index >= 15 is 0 Å². The quantitative estimate of drug-likeness (QED) is 0.233. The smallest absolute Gasteiger partial charge is 0.0877 e. The molecule has 0 aliphatic heterocycles. The monoisotopic (exact) mass is 302 g/mol. The summed E-state index contributed by atoms with van der Waals surface area (Å²) in [6.45, 7) is 6.72. The molecular formula is C18H39OP. The van der Waals surface area contributed by atoms with Crippen LogP contribution in [-0.4, -0.2) is 18.5 Å². The summed E-state index contributed by atoms with van der Waals surface area (Å²) in [4.78, 5) is 0. The van der Waals surface area contributed by atoms with Gasteiger partial charge in [0.25, 0.3) is 0 Å². The molecule has 1 atom stereocenters. The molecule has 0 spiro atoms. The van der Waals surface area contributed by atoms with Crippen LogP contribution < -0.4 is 0 Å². The molecule has 1 unspecified atom stereocenters. The van der Waals surface area contributed by atoms with Gasteiger partial charge >= 0.3 is 0 Å². The molecule has 20 heavy (non-hydrogen) atoms. The Morgan fingerprint density at radius 2 is 0.850 bits per heavy atom. The average molecular weight is 302 g/mol. The maximum absolute atomic E-state index is 13.0. The zero-order valence-corrected chi connectivity index (χ0v) is 15.4. The molecule has 2 heteroatoms. The van der Waals surface area contributed by atoms with Gasteiger partial charge in [0, 0.05) is 18.5 Å². The van der Waals surface area contributed by atoms with Gasteiger partial charge in [-0.25, -0.2) is 0 Å². The molecule has 0 bridgehead atoms. The molecule has 0 aromatic carbocycles. The molecule has 0 N–H and O–H groups in total. The minimum atomic E-state index is -1.83. The maximum atomic E-state index is 13.0. The van der Waals surface area contributed by atoms with Crippen molar-refractivity contribution in [1.29, 1.82) is 0 Å². The van der Waals surface area contributed by atoms with Gasteiger partial charge in [-0.05, 0) is 19.3 Å². The Labute approximate surface area is 128 Å². The largest absolute Gasteiger partial charge is 0.324 e. The third-order valence-electron chi connectivity index (χ3n) is 4.26. The number of hydrogen-bond acceptors (Lipinski definition) is 1. The Morgan fingerprint density at radius 1 is 0.500 bits per heavy atom. The fraction of sp³-hybridized carbons (Fsp3) is 1.00. The van der Waals surface area contributed by atoms with E-state index in [-0.39, 0.29) is 0 Å². The zero-order valence-electron chi connectivity index (χ0n) is 14.5. The van der Waals surface area contributed by atoms with Crippen molar-refractivity contribution in [2.75, 3.05) is 18.5 Å². The summed E-state index contributed by atoms with van der Waals surface area (Å²) >= 11 is 0. The predicted molar refractivity (Wildman–Crippen MR) is 94.6 cm³/mol. The third kappa shape index (κ3) is 12.0. The average Bonchev–Trinajstić information content (AvgIpc) is 2.45. The summed E-state index contributed by atoms with van der Waals surface area (Å²) in [7, 11) is -1.83. The van der Waals surface area contributed by atoms with E-state index in [9.17, 15) is 4.57 Å². The van der Waals surface area contributed by atoms with Gasteiger partial charge in [0.05, 0.1) is 7.14 Å². The lowest BCUT2D eigenvalue weighted by Gasteiger charge is -2.18. The molecule has 0 amide bonds. The lowest BCUT2D eigenvalue weighted by atomic mass is 10.1. The first-order valence-electron chi connectivity index (χ1n) is 9.25. The van der Waals surface area contributed by atoms with E-state index in [1.54, 1.807) is 0 Å². The van der Waals surface area contributed by atoms with Crippen molar-refractivity contribution in [2.45, 2.75) is 97.8 Å². The molecule has 0 heterocycles. The molecule has 0 saturated carbocycles. The first kappa shape index (κ1) is 20.2. The van der Waals surface area contributed by atoms with Crippen LogP contribution in [0.25, 0.3) is 0 Å². The predicted octanol–water partition coefficient (Wildman–Crippen LogP) is 7.09. The van der Waals surface area contributed by atoms with Crippen LogP contribution in [0.5, 0.6) is 0 Å². The molecule has 0 rings (SSSR count). The number of unbranched alkanes of at least 4 members (excludes halogenated alkanes) is 9. The van der Waals surface area contributed by atoms with Crippen LogP contribution in [0, 0.1) is 0 Å². The Morgan fingerprint density at radius 3 is 1.35 bits per heavy atom. The van der Waals surface area contributed by atoms with Crippen molar-refractivity contribution in [3.05, 3.63) is 0 Å². The SMILES string of the molecule is CCCCCCCCP(=O)(CCCC)CCCCCC. The number of rotatable bonds is 15. The summed E-state index contributed by atoms with van der Waals surface area (Å²) in [5.74, 6) is 0. The highest BCUT2D eigenvalue weighted by atomic mass is 31.2. The lowest BCUT2D eigenvalue weighted by molar-refractivity contribution is 0.561. The van der Waals surface area contributed by atoms with Crippen molar-refractivity contribution in [2.24, 2.45) is 0 Å². The van der Waals surface area contributed by atoms with E-state index < -0.39 is 7.14 Å². The van der Waals surface area contributed by atoms with Gasteiger partial charge in [0.1, 0.15) is 0 Å². The normalized spacial score (nSPS) is 14.3. The Balaban J connectivity index is 3.89. The van der Waals surface area contributed by atoms with Crippen LogP contribution >= 0.6 is 7.14 Å². The zero-order chi connectivity index (χ0) is 15.1. The fourth-order valence-electron chi connectivity index (χ4n) is 2.79. The van der Waals surface area contributed by atoms with Crippen LogP contribution in [0.2, 0.25) is 0 Å². The van der Waals surface area contributed by atoms with Crippen LogP contribution in [-0.2, 0) is 4.57 Å². The topological polar surface area (TPSA) is 17.1 Å². The standard InChI is InChI=1S/C18H39OP/c1-4-7-10-12-13-15-18-20(19,16-9-6-3)17-14-11-8-5-2/h4-18H2,1-3H3. The Bertz CT molecular complexity index is 238. The third-order valence-corrected chi connectivity index (χ3v) is 7.65. The molecule has 0 aromatic heterocycles. The minimum absolute atomic E-state index is 1.02. The summed E-state index contributed by atoms with van der Waals surface area (Å²) in [5, 5.41) is 0. The van der Waals surface area contributed by atoms with E-state index in [0.29, 0.717) is 0 Å². The first-order chi connectivity index (χ1) is 9.68. The molecule has 0 fully saturated rings. The van der Waals surface area contributed by atoms with Gasteiger partial charge in [0.15, 0.2) is 0 Å². The molecule has 122 valence electrons. The highest BCUT2D eigenvalue weighted by molar-refractivity contribution is 7.63. The van der Waals surface area contributed by atoms with Gasteiger partial charge in [0.2, 0.25) is 0 Å². The molecule has 0 saturated heterocycles. The van der Waals surface area contributed by atoms with Gasteiger partial charge in [-0.3, -0.25) is 0 Å². The Kier molecular flexibility index (Phi) is 14.3. The molecule has 0 aromatic rings. The van der Waals surface area contributed by atoms with E-state index in [2.05, 4.69) is 20.8 Å². The van der Waals surface area contributed by atoms with Crippen molar-refractivity contribution in [1.82, 2.24) is 0 Å². The van der Waals surface area contributed by atoms with Gasteiger partial charge in [-0.2, -0.15) is 0 Å².